The highest BCUT2D eigenvalue weighted by Crippen LogP contribution is 2.20. The van der Waals surface area contributed by atoms with Gasteiger partial charge in [-0.05, 0) is 54.5 Å². The van der Waals surface area contributed by atoms with Gasteiger partial charge in [0.2, 0.25) is 17.7 Å². The maximum absolute atomic E-state index is 13.5. The van der Waals surface area contributed by atoms with Crippen LogP contribution in [0.5, 0.6) is 5.75 Å². The zero-order chi connectivity index (χ0) is 29.2. The van der Waals surface area contributed by atoms with Crippen LogP contribution in [-0.4, -0.2) is 70.2 Å². The molecule has 0 radical (unpaired) electrons. The molecule has 0 aromatic heterocycles. The summed E-state index contributed by atoms with van der Waals surface area (Å²) >= 11 is 0. The van der Waals surface area contributed by atoms with Crippen LogP contribution in [0.4, 0.5) is 0 Å². The molecule has 0 saturated carbocycles. The zero-order valence-electron chi connectivity index (χ0n) is 23.0. The minimum Gasteiger partial charge on any atom is -0.508 e. The topological polar surface area (TPSA) is 145 Å². The Kier molecular flexibility index (Phi) is 10.5. The number of amides is 3. The molecular formula is C32H38N4O5. The van der Waals surface area contributed by atoms with Crippen LogP contribution in [0.1, 0.15) is 29.5 Å². The predicted molar refractivity (Wildman–Crippen MR) is 156 cm³/mol. The van der Waals surface area contributed by atoms with E-state index < -0.39 is 36.0 Å². The third-order valence-corrected chi connectivity index (χ3v) is 7.36. The van der Waals surface area contributed by atoms with Crippen molar-refractivity contribution >= 4 is 17.7 Å². The molecule has 41 heavy (non-hydrogen) atoms. The SMILES string of the molecule is N[C@@H](Cc1ccc(O)cc1)C(=O)N1CCC[C@H]1C(=O)N[C@@H](Cc1ccccc1)C(=O)NC(CO)Cc1ccccc1. The van der Waals surface area contributed by atoms with E-state index >= 15 is 0 Å². The van der Waals surface area contributed by atoms with E-state index in [0.29, 0.717) is 25.8 Å². The number of rotatable bonds is 12. The largest absolute Gasteiger partial charge is 0.508 e. The number of phenols is 1. The molecule has 4 rings (SSSR count). The number of nitrogens with two attached hydrogens (primary N) is 1. The number of hydrogen-bond acceptors (Lipinski definition) is 6. The molecule has 4 atom stereocenters. The summed E-state index contributed by atoms with van der Waals surface area (Å²) in [5.74, 6) is -1.02. The molecule has 1 fully saturated rings. The lowest BCUT2D eigenvalue weighted by Crippen LogP contribution is -2.57. The van der Waals surface area contributed by atoms with Gasteiger partial charge in [-0.15, -0.1) is 0 Å². The molecule has 1 aliphatic rings. The quantitative estimate of drug-likeness (QED) is 0.229. The van der Waals surface area contributed by atoms with E-state index in [0.717, 1.165) is 16.7 Å². The first kappa shape index (κ1) is 29.8. The van der Waals surface area contributed by atoms with Gasteiger partial charge in [0.05, 0.1) is 18.7 Å². The molecular weight excluding hydrogens is 520 g/mol. The van der Waals surface area contributed by atoms with Crippen molar-refractivity contribution in [3.8, 4) is 5.75 Å². The number of likely N-dealkylation sites (tertiary alicyclic amines) is 1. The Bertz CT molecular complexity index is 1290. The van der Waals surface area contributed by atoms with E-state index in [1.54, 1.807) is 12.1 Å². The lowest BCUT2D eigenvalue weighted by Gasteiger charge is -2.29. The number of nitrogens with zero attached hydrogens (tertiary/aromatic N) is 1. The van der Waals surface area contributed by atoms with Gasteiger partial charge >= 0.3 is 0 Å². The summed E-state index contributed by atoms with van der Waals surface area (Å²) in [7, 11) is 0. The number of aliphatic hydroxyl groups excluding tert-OH is 1. The summed E-state index contributed by atoms with van der Waals surface area (Å²) in [6.45, 7) is 0.149. The summed E-state index contributed by atoms with van der Waals surface area (Å²) < 4.78 is 0. The molecule has 0 aliphatic carbocycles. The highest BCUT2D eigenvalue weighted by molar-refractivity contribution is 5.93. The van der Waals surface area contributed by atoms with E-state index in [1.165, 1.54) is 17.0 Å². The highest BCUT2D eigenvalue weighted by atomic mass is 16.3. The summed E-state index contributed by atoms with van der Waals surface area (Å²) in [5.41, 5.74) is 8.88. The fourth-order valence-corrected chi connectivity index (χ4v) is 5.18. The number of carbonyl (C=O) groups excluding carboxylic acids is 3. The number of benzene rings is 3. The zero-order valence-corrected chi connectivity index (χ0v) is 23.0. The van der Waals surface area contributed by atoms with Gasteiger partial charge in [0, 0.05) is 13.0 Å². The van der Waals surface area contributed by atoms with Crippen molar-refractivity contribution in [1.82, 2.24) is 15.5 Å². The lowest BCUT2D eigenvalue weighted by atomic mass is 10.0. The van der Waals surface area contributed by atoms with Crippen molar-refractivity contribution in [2.24, 2.45) is 5.73 Å². The Morgan fingerprint density at radius 2 is 1.41 bits per heavy atom. The average molecular weight is 559 g/mol. The standard InChI is InChI=1S/C32H38N4O5/c33-27(19-24-13-15-26(38)16-14-24)32(41)36-17-7-12-29(36)31(40)35-28(20-23-10-5-2-6-11-23)30(39)34-25(21-37)18-22-8-3-1-4-9-22/h1-6,8-11,13-16,25,27-29,37-38H,7,12,17-21,33H2,(H,34,39)(H,35,40)/t25?,27-,28-,29-/m0/s1. The fraction of sp³-hybridized carbons (Fsp3) is 0.344. The third-order valence-electron chi connectivity index (χ3n) is 7.36. The molecule has 3 amide bonds. The van der Waals surface area contributed by atoms with Gasteiger partial charge in [-0.3, -0.25) is 14.4 Å². The molecule has 9 heteroatoms. The molecule has 0 spiro atoms. The fourth-order valence-electron chi connectivity index (χ4n) is 5.18. The first-order valence-corrected chi connectivity index (χ1v) is 14.0. The van der Waals surface area contributed by atoms with Crippen LogP contribution in [0.3, 0.4) is 0 Å². The molecule has 9 nitrogen and oxygen atoms in total. The van der Waals surface area contributed by atoms with Gasteiger partial charge < -0.3 is 31.5 Å². The molecule has 3 aromatic rings. The van der Waals surface area contributed by atoms with Crippen molar-refractivity contribution in [3.05, 3.63) is 102 Å². The van der Waals surface area contributed by atoms with Crippen LogP contribution in [0.15, 0.2) is 84.9 Å². The first-order valence-electron chi connectivity index (χ1n) is 14.0. The Balaban J connectivity index is 1.44. The Morgan fingerprint density at radius 3 is 2.02 bits per heavy atom. The molecule has 3 aromatic carbocycles. The molecule has 6 N–H and O–H groups in total. The number of phenolic OH excluding ortho intramolecular Hbond substituents is 1. The van der Waals surface area contributed by atoms with Crippen molar-refractivity contribution in [2.75, 3.05) is 13.2 Å². The lowest BCUT2D eigenvalue weighted by molar-refractivity contribution is -0.140. The third kappa shape index (κ3) is 8.39. The Hall–Kier alpha value is -4.21. The molecule has 1 unspecified atom stereocenters. The molecule has 1 aliphatic heterocycles. The summed E-state index contributed by atoms with van der Waals surface area (Å²) in [5, 5.41) is 25.2. The smallest absolute Gasteiger partial charge is 0.243 e. The van der Waals surface area contributed by atoms with Gasteiger partial charge in [0.15, 0.2) is 0 Å². The van der Waals surface area contributed by atoms with Crippen LogP contribution in [0, 0.1) is 0 Å². The minimum absolute atomic E-state index is 0.129. The summed E-state index contributed by atoms with van der Waals surface area (Å²) in [6, 6.07) is 22.4. The Labute approximate surface area is 240 Å². The molecule has 1 heterocycles. The Morgan fingerprint density at radius 1 is 0.829 bits per heavy atom. The molecule has 1 saturated heterocycles. The van der Waals surface area contributed by atoms with Crippen LogP contribution in [-0.2, 0) is 33.6 Å². The van der Waals surface area contributed by atoms with Crippen LogP contribution in [0.2, 0.25) is 0 Å². The van der Waals surface area contributed by atoms with Gasteiger partial charge in [0.25, 0.3) is 0 Å². The molecule has 0 bridgehead atoms. The summed E-state index contributed by atoms with van der Waals surface area (Å²) in [4.78, 5) is 41.7. The maximum atomic E-state index is 13.5. The first-order chi connectivity index (χ1) is 19.8. The minimum atomic E-state index is -0.905. The van der Waals surface area contributed by atoms with Gasteiger partial charge in [0.1, 0.15) is 17.8 Å². The van der Waals surface area contributed by atoms with E-state index in [2.05, 4.69) is 10.6 Å². The van der Waals surface area contributed by atoms with Gasteiger partial charge in [-0.25, -0.2) is 0 Å². The highest BCUT2D eigenvalue weighted by Gasteiger charge is 2.37. The van der Waals surface area contributed by atoms with Crippen LogP contribution >= 0.6 is 0 Å². The number of nitrogens with one attached hydrogen (secondary N) is 2. The number of aromatic hydroxyl groups is 1. The van der Waals surface area contributed by atoms with Crippen molar-refractivity contribution in [1.29, 1.82) is 0 Å². The summed E-state index contributed by atoms with van der Waals surface area (Å²) in [6.07, 6.45) is 2.08. The van der Waals surface area contributed by atoms with Crippen molar-refractivity contribution < 1.29 is 24.6 Å². The van der Waals surface area contributed by atoms with E-state index in [9.17, 15) is 24.6 Å². The average Bonchev–Trinajstić information content (AvgIpc) is 3.48. The maximum Gasteiger partial charge on any atom is 0.243 e. The van der Waals surface area contributed by atoms with E-state index in [4.69, 9.17) is 5.73 Å². The second-order valence-corrected chi connectivity index (χ2v) is 10.5. The van der Waals surface area contributed by atoms with Crippen molar-refractivity contribution in [3.63, 3.8) is 0 Å². The van der Waals surface area contributed by atoms with Gasteiger partial charge in [-0.2, -0.15) is 0 Å². The normalized spacial score (nSPS) is 16.9. The van der Waals surface area contributed by atoms with E-state index in [1.807, 2.05) is 60.7 Å². The second-order valence-electron chi connectivity index (χ2n) is 10.5. The van der Waals surface area contributed by atoms with E-state index in [-0.39, 0.29) is 31.1 Å². The van der Waals surface area contributed by atoms with Gasteiger partial charge in [-0.1, -0.05) is 72.8 Å². The second kappa shape index (κ2) is 14.4. The number of hydrogen-bond donors (Lipinski definition) is 5. The van der Waals surface area contributed by atoms with Crippen LogP contribution in [0.25, 0.3) is 0 Å². The monoisotopic (exact) mass is 558 g/mol. The predicted octanol–water partition coefficient (Wildman–Crippen LogP) is 1.70. The number of carbonyl (C=O) groups is 3. The van der Waals surface area contributed by atoms with Crippen molar-refractivity contribution in [2.45, 2.75) is 56.3 Å². The molecule has 216 valence electrons. The number of aliphatic hydroxyl groups is 1. The van der Waals surface area contributed by atoms with Crippen LogP contribution < -0.4 is 16.4 Å².